The van der Waals surface area contributed by atoms with Crippen molar-refractivity contribution in [3.63, 3.8) is 0 Å². The number of aryl methyl sites for hydroxylation is 1. The molecule has 0 aliphatic carbocycles. The molecule has 2 rings (SSSR count). The van der Waals surface area contributed by atoms with Crippen molar-refractivity contribution in [1.29, 1.82) is 0 Å². The fourth-order valence-electron chi connectivity index (χ4n) is 1.93. The largest absolute Gasteiger partial charge is 0.495 e. The molecule has 1 N–H and O–H groups in total. The van der Waals surface area contributed by atoms with Gasteiger partial charge in [-0.1, -0.05) is 35.0 Å². The quantitative estimate of drug-likeness (QED) is 0.634. The van der Waals surface area contributed by atoms with Crippen LogP contribution in [0.15, 0.2) is 47.6 Å². The number of amides is 1. The molecule has 0 aliphatic rings. The van der Waals surface area contributed by atoms with Gasteiger partial charge >= 0.3 is 0 Å². The molecule has 2 aromatic rings. The molecule has 0 unspecified atom stereocenters. The first-order chi connectivity index (χ1) is 11.5. The van der Waals surface area contributed by atoms with Gasteiger partial charge < -0.3 is 14.9 Å². The number of carbonyl (C=O) groups excluding carboxylic acids is 1. The Balaban J connectivity index is 1.95. The number of rotatable bonds is 6. The zero-order valence-corrected chi connectivity index (χ0v) is 14.5. The van der Waals surface area contributed by atoms with Crippen molar-refractivity contribution < 1.29 is 14.4 Å². The zero-order chi connectivity index (χ0) is 17.5. The second-order valence-corrected chi connectivity index (χ2v) is 5.66. The third-order valence-electron chi connectivity index (χ3n) is 3.27. The molecular formula is C18H19ClN2O3. The number of carbonyl (C=O) groups is 1. The summed E-state index contributed by atoms with van der Waals surface area (Å²) in [6.07, 6.45) is 0.770. The van der Waals surface area contributed by atoms with Gasteiger partial charge in [0.25, 0.3) is 5.91 Å². The SMILES string of the molecule is COc1ccc(C)cc1NC(=O)[C@@H](C)O/N=C\c1ccc(Cl)cc1. The number of halogens is 1. The normalized spacial score (nSPS) is 12.0. The second-order valence-electron chi connectivity index (χ2n) is 5.23. The lowest BCUT2D eigenvalue weighted by atomic mass is 10.2. The Labute approximate surface area is 146 Å². The van der Waals surface area contributed by atoms with Crippen molar-refractivity contribution in [3.05, 3.63) is 58.6 Å². The summed E-state index contributed by atoms with van der Waals surface area (Å²) in [7, 11) is 1.55. The summed E-state index contributed by atoms with van der Waals surface area (Å²) in [5, 5.41) is 7.26. The topological polar surface area (TPSA) is 59.9 Å². The number of ether oxygens (including phenoxy) is 1. The summed E-state index contributed by atoms with van der Waals surface area (Å²) < 4.78 is 5.23. The van der Waals surface area contributed by atoms with Crippen LogP contribution in [0.2, 0.25) is 5.02 Å². The first-order valence-corrected chi connectivity index (χ1v) is 7.77. The predicted octanol–water partition coefficient (Wildman–Crippen LogP) is 4.03. The highest BCUT2D eigenvalue weighted by molar-refractivity contribution is 6.30. The molecule has 5 nitrogen and oxygen atoms in total. The molecule has 0 radical (unpaired) electrons. The Morgan fingerprint density at radius 3 is 2.62 bits per heavy atom. The van der Waals surface area contributed by atoms with E-state index in [-0.39, 0.29) is 5.91 Å². The van der Waals surface area contributed by atoms with Crippen molar-refractivity contribution in [2.45, 2.75) is 20.0 Å². The highest BCUT2D eigenvalue weighted by Gasteiger charge is 2.16. The van der Waals surface area contributed by atoms with Crippen molar-refractivity contribution >= 4 is 29.4 Å². The molecule has 126 valence electrons. The van der Waals surface area contributed by atoms with Crippen LogP contribution in [0.5, 0.6) is 5.75 Å². The fourth-order valence-corrected chi connectivity index (χ4v) is 2.06. The number of hydrogen-bond donors (Lipinski definition) is 1. The summed E-state index contributed by atoms with van der Waals surface area (Å²) in [4.78, 5) is 17.4. The number of anilines is 1. The van der Waals surface area contributed by atoms with Gasteiger partial charge in [-0.25, -0.2) is 0 Å². The molecule has 2 aromatic carbocycles. The molecule has 0 spiro atoms. The monoisotopic (exact) mass is 346 g/mol. The van der Waals surface area contributed by atoms with Crippen LogP contribution < -0.4 is 10.1 Å². The van der Waals surface area contributed by atoms with E-state index >= 15 is 0 Å². The van der Waals surface area contributed by atoms with E-state index in [0.29, 0.717) is 16.5 Å². The average Bonchev–Trinajstić information content (AvgIpc) is 2.56. The molecule has 0 heterocycles. The minimum atomic E-state index is -0.751. The van der Waals surface area contributed by atoms with E-state index in [1.54, 1.807) is 44.4 Å². The number of oxime groups is 1. The number of benzene rings is 2. The third kappa shape index (κ3) is 4.99. The highest BCUT2D eigenvalue weighted by Crippen LogP contribution is 2.25. The van der Waals surface area contributed by atoms with Gasteiger partial charge in [-0.2, -0.15) is 0 Å². The maximum absolute atomic E-state index is 12.2. The molecule has 1 amide bonds. The maximum atomic E-state index is 12.2. The Hall–Kier alpha value is -2.53. The molecule has 0 fully saturated rings. The number of hydrogen-bond acceptors (Lipinski definition) is 4. The lowest BCUT2D eigenvalue weighted by Crippen LogP contribution is -2.26. The van der Waals surface area contributed by atoms with E-state index in [1.807, 2.05) is 19.1 Å². The highest BCUT2D eigenvalue weighted by atomic mass is 35.5. The minimum Gasteiger partial charge on any atom is -0.495 e. The number of methoxy groups -OCH3 is 1. The second kappa shape index (κ2) is 8.36. The van der Waals surface area contributed by atoms with Crippen LogP contribution in [0, 0.1) is 6.92 Å². The molecule has 0 saturated heterocycles. The predicted molar refractivity (Wildman–Crippen MR) is 96.0 cm³/mol. The molecule has 0 aromatic heterocycles. The molecular weight excluding hydrogens is 328 g/mol. The van der Waals surface area contributed by atoms with Gasteiger partial charge in [-0.15, -0.1) is 0 Å². The standard InChI is InChI=1S/C18H19ClN2O3/c1-12-4-9-17(23-3)16(10-12)21-18(22)13(2)24-20-11-14-5-7-15(19)8-6-14/h4-11,13H,1-3H3,(H,21,22)/b20-11-/t13-/m1/s1. The van der Waals surface area contributed by atoms with Gasteiger partial charge in [0, 0.05) is 5.02 Å². The number of nitrogens with zero attached hydrogens (tertiary/aromatic N) is 1. The Morgan fingerprint density at radius 2 is 1.96 bits per heavy atom. The van der Waals surface area contributed by atoms with Crippen LogP contribution >= 0.6 is 11.6 Å². The molecule has 1 atom stereocenters. The van der Waals surface area contributed by atoms with Crippen molar-refractivity contribution in [2.24, 2.45) is 5.16 Å². The Bertz CT molecular complexity index is 730. The van der Waals surface area contributed by atoms with Crippen LogP contribution in [0.3, 0.4) is 0 Å². The van der Waals surface area contributed by atoms with Crippen LogP contribution in [-0.2, 0) is 9.63 Å². The van der Waals surface area contributed by atoms with Crippen molar-refractivity contribution in [3.8, 4) is 5.75 Å². The average molecular weight is 347 g/mol. The maximum Gasteiger partial charge on any atom is 0.268 e. The first-order valence-electron chi connectivity index (χ1n) is 7.40. The van der Waals surface area contributed by atoms with Gasteiger partial charge in [0.1, 0.15) is 5.75 Å². The van der Waals surface area contributed by atoms with E-state index in [0.717, 1.165) is 11.1 Å². The summed E-state index contributed by atoms with van der Waals surface area (Å²) in [5.41, 5.74) is 2.44. The van der Waals surface area contributed by atoms with Gasteiger partial charge in [0.2, 0.25) is 6.10 Å². The fraction of sp³-hybridized carbons (Fsp3) is 0.222. The van der Waals surface area contributed by atoms with Crippen molar-refractivity contribution in [2.75, 3.05) is 12.4 Å². The van der Waals surface area contributed by atoms with Crippen LogP contribution in [0.4, 0.5) is 5.69 Å². The van der Waals surface area contributed by atoms with E-state index in [9.17, 15) is 4.79 Å². The lowest BCUT2D eigenvalue weighted by molar-refractivity contribution is -0.126. The van der Waals surface area contributed by atoms with E-state index in [4.69, 9.17) is 21.2 Å². The molecule has 6 heteroatoms. The summed E-state index contributed by atoms with van der Waals surface area (Å²) in [6.45, 7) is 3.56. The van der Waals surface area contributed by atoms with Crippen molar-refractivity contribution in [1.82, 2.24) is 0 Å². The lowest BCUT2D eigenvalue weighted by Gasteiger charge is -2.13. The third-order valence-corrected chi connectivity index (χ3v) is 3.52. The molecule has 0 saturated carbocycles. The van der Waals surface area contributed by atoms with Gasteiger partial charge in [0.15, 0.2) is 0 Å². The Morgan fingerprint density at radius 1 is 1.25 bits per heavy atom. The minimum absolute atomic E-state index is 0.313. The Kier molecular flexibility index (Phi) is 6.21. The smallest absolute Gasteiger partial charge is 0.268 e. The zero-order valence-electron chi connectivity index (χ0n) is 13.7. The van der Waals surface area contributed by atoms with Crippen LogP contribution in [0.25, 0.3) is 0 Å². The molecule has 0 aliphatic heterocycles. The molecule has 0 bridgehead atoms. The van der Waals surface area contributed by atoms with E-state index in [2.05, 4.69) is 10.5 Å². The summed E-state index contributed by atoms with van der Waals surface area (Å²) in [6, 6.07) is 12.7. The van der Waals surface area contributed by atoms with Gasteiger partial charge in [0.05, 0.1) is 19.0 Å². The first kappa shape index (κ1) is 17.8. The van der Waals surface area contributed by atoms with Gasteiger partial charge in [-0.3, -0.25) is 4.79 Å². The molecule has 24 heavy (non-hydrogen) atoms. The van der Waals surface area contributed by atoms with E-state index in [1.165, 1.54) is 6.21 Å². The van der Waals surface area contributed by atoms with Crippen LogP contribution in [0.1, 0.15) is 18.1 Å². The summed E-state index contributed by atoms with van der Waals surface area (Å²) in [5.74, 6) is 0.276. The van der Waals surface area contributed by atoms with Crippen LogP contribution in [-0.4, -0.2) is 25.3 Å². The van der Waals surface area contributed by atoms with E-state index < -0.39 is 6.10 Å². The summed E-state index contributed by atoms with van der Waals surface area (Å²) >= 11 is 5.81. The number of nitrogens with one attached hydrogen (secondary N) is 1. The van der Waals surface area contributed by atoms with Gasteiger partial charge in [-0.05, 0) is 49.2 Å².